The fourth-order valence-corrected chi connectivity index (χ4v) is 5.55. The van der Waals surface area contributed by atoms with E-state index in [-0.39, 0.29) is 12.2 Å². The van der Waals surface area contributed by atoms with Crippen molar-refractivity contribution < 1.29 is 13.3 Å². The van der Waals surface area contributed by atoms with Gasteiger partial charge in [-0.2, -0.15) is 0 Å². The Morgan fingerprint density at radius 3 is 2.05 bits per heavy atom. The summed E-state index contributed by atoms with van der Waals surface area (Å²) in [5.74, 6) is 0. The predicted octanol–water partition coefficient (Wildman–Crippen LogP) is 3.64. The van der Waals surface area contributed by atoms with Crippen LogP contribution in [0.5, 0.6) is 0 Å². The highest BCUT2D eigenvalue weighted by Crippen LogP contribution is 2.19. The minimum Gasteiger partial charge on any atom is -0.373 e. The minimum atomic E-state index is -2.91. The first-order chi connectivity index (χ1) is 10.2. The summed E-state index contributed by atoms with van der Waals surface area (Å²) in [6.07, 6.45) is 0.0726. The molecule has 1 aromatic carbocycles. The van der Waals surface area contributed by atoms with Crippen LogP contribution in [0.1, 0.15) is 33.3 Å². The van der Waals surface area contributed by atoms with Crippen LogP contribution in [0, 0.1) is 0 Å². The van der Waals surface area contributed by atoms with Gasteiger partial charge in [0.15, 0.2) is 0 Å². The SMILES string of the molecule is C=C(c1cccc([Si](OC)(OC(C)C)OC(C)C)c1)[Si](C)C. The molecule has 0 aliphatic rings. The van der Waals surface area contributed by atoms with Crippen LogP contribution in [0.4, 0.5) is 0 Å². The molecule has 0 heterocycles. The maximum Gasteiger partial charge on any atom is 0.537 e. The Bertz CT molecular complexity index is 488. The highest BCUT2D eigenvalue weighted by atomic mass is 28.4. The molecule has 0 aromatic heterocycles. The van der Waals surface area contributed by atoms with Crippen LogP contribution in [0.15, 0.2) is 30.8 Å². The lowest BCUT2D eigenvalue weighted by Crippen LogP contribution is -2.58. The molecule has 0 spiro atoms. The average molecular weight is 338 g/mol. The molecule has 0 saturated heterocycles. The van der Waals surface area contributed by atoms with Crippen LogP contribution >= 0.6 is 0 Å². The molecule has 1 aromatic rings. The summed E-state index contributed by atoms with van der Waals surface area (Å²) in [6.45, 7) is 16.8. The zero-order chi connectivity index (χ0) is 16.9. The molecule has 0 fully saturated rings. The van der Waals surface area contributed by atoms with Crippen molar-refractivity contribution in [3.63, 3.8) is 0 Å². The maximum absolute atomic E-state index is 6.15. The quantitative estimate of drug-likeness (QED) is 0.678. The summed E-state index contributed by atoms with van der Waals surface area (Å²) in [7, 11) is -1.82. The van der Waals surface area contributed by atoms with Gasteiger partial charge in [0.1, 0.15) is 0 Å². The molecule has 0 saturated carbocycles. The first kappa shape index (κ1) is 19.3. The van der Waals surface area contributed by atoms with Gasteiger partial charge in [-0.1, -0.05) is 43.1 Å². The molecule has 22 heavy (non-hydrogen) atoms. The van der Waals surface area contributed by atoms with Crippen molar-refractivity contribution in [2.24, 2.45) is 0 Å². The van der Waals surface area contributed by atoms with Crippen molar-refractivity contribution >= 4 is 28.0 Å². The van der Waals surface area contributed by atoms with Gasteiger partial charge in [0.2, 0.25) is 0 Å². The van der Waals surface area contributed by atoms with Crippen LogP contribution in [0.25, 0.3) is 5.20 Å². The third-order valence-electron chi connectivity index (χ3n) is 3.22. The van der Waals surface area contributed by atoms with Crippen LogP contribution < -0.4 is 5.19 Å². The molecule has 3 nitrogen and oxygen atoms in total. The van der Waals surface area contributed by atoms with Crippen molar-refractivity contribution in [3.8, 4) is 0 Å². The lowest BCUT2D eigenvalue weighted by atomic mass is 10.2. The van der Waals surface area contributed by atoms with E-state index in [0.717, 1.165) is 10.8 Å². The third kappa shape index (κ3) is 4.89. The van der Waals surface area contributed by atoms with Gasteiger partial charge in [-0.05, 0) is 39.3 Å². The zero-order valence-corrected chi connectivity index (χ0v) is 16.9. The zero-order valence-electron chi connectivity index (χ0n) is 14.9. The fraction of sp³-hybridized carbons (Fsp3) is 0.529. The predicted molar refractivity (Wildman–Crippen MR) is 97.8 cm³/mol. The van der Waals surface area contributed by atoms with Crippen molar-refractivity contribution in [2.75, 3.05) is 7.11 Å². The van der Waals surface area contributed by atoms with Crippen LogP contribution in [-0.2, 0) is 13.3 Å². The van der Waals surface area contributed by atoms with Crippen molar-refractivity contribution in [1.29, 1.82) is 0 Å². The Labute approximate surface area is 138 Å². The van der Waals surface area contributed by atoms with E-state index in [9.17, 15) is 0 Å². The van der Waals surface area contributed by atoms with Gasteiger partial charge in [0, 0.05) is 24.5 Å². The van der Waals surface area contributed by atoms with Crippen LogP contribution in [-0.4, -0.2) is 36.9 Å². The molecule has 0 amide bonds. The van der Waals surface area contributed by atoms with Crippen LogP contribution in [0.3, 0.4) is 0 Å². The Kier molecular flexibility index (Phi) is 7.22. The van der Waals surface area contributed by atoms with Gasteiger partial charge in [0.05, 0.1) is 8.80 Å². The second-order valence-corrected chi connectivity index (χ2v) is 11.3. The smallest absolute Gasteiger partial charge is 0.373 e. The van der Waals surface area contributed by atoms with E-state index < -0.39 is 17.6 Å². The van der Waals surface area contributed by atoms with Gasteiger partial charge in [0.25, 0.3) is 0 Å². The van der Waals surface area contributed by atoms with Gasteiger partial charge >= 0.3 is 8.80 Å². The molecule has 0 bridgehead atoms. The van der Waals surface area contributed by atoms with Crippen molar-refractivity contribution in [2.45, 2.75) is 53.0 Å². The molecule has 1 radical (unpaired) electrons. The Morgan fingerprint density at radius 2 is 1.64 bits per heavy atom. The second-order valence-electron chi connectivity index (χ2n) is 6.15. The lowest BCUT2D eigenvalue weighted by Gasteiger charge is -2.32. The number of hydrogen-bond acceptors (Lipinski definition) is 3. The van der Waals surface area contributed by atoms with E-state index in [0.29, 0.717) is 0 Å². The third-order valence-corrected chi connectivity index (χ3v) is 7.83. The highest BCUT2D eigenvalue weighted by molar-refractivity contribution is 6.77. The molecule has 0 aliphatic carbocycles. The molecule has 123 valence electrons. The summed E-state index contributed by atoms with van der Waals surface area (Å²) < 4.78 is 18.1. The standard InChI is InChI=1S/C17H29O3Si2/c1-13(2)19-22(18-6,20-14(3)4)17-11-9-10-16(12-17)15(5)21(7)8/h9-14H,5H2,1-4,6-8H3. The average Bonchev–Trinajstić information content (AvgIpc) is 2.44. The normalized spacial score (nSPS) is 12.5. The molecular weight excluding hydrogens is 308 g/mol. The van der Waals surface area contributed by atoms with E-state index >= 15 is 0 Å². The first-order valence-electron chi connectivity index (χ1n) is 7.73. The molecule has 1 rings (SSSR count). The van der Waals surface area contributed by atoms with E-state index in [1.165, 1.54) is 5.20 Å². The fourth-order valence-electron chi connectivity index (χ4n) is 2.18. The Morgan fingerprint density at radius 1 is 1.09 bits per heavy atom. The highest BCUT2D eigenvalue weighted by Gasteiger charge is 2.45. The van der Waals surface area contributed by atoms with E-state index in [4.69, 9.17) is 13.3 Å². The molecule has 0 unspecified atom stereocenters. The summed E-state index contributed by atoms with van der Waals surface area (Å²) in [5.41, 5.74) is 1.16. The van der Waals surface area contributed by atoms with Gasteiger partial charge < -0.3 is 13.3 Å². The summed E-state index contributed by atoms with van der Waals surface area (Å²) >= 11 is 0. The van der Waals surface area contributed by atoms with Gasteiger partial charge in [-0.3, -0.25) is 0 Å². The lowest BCUT2D eigenvalue weighted by molar-refractivity contribution is 0.0456. The number of rotatable bonds is 8. The van der Waals surface area contributed by atoms with E-state index in [2.05, 4.69) is 31.8 Å². The summed E-state index contributed by atoms with van der Waals surface area (Å²) in [4.78, 5) is 0. The topological polar surface area (TPSA) is 27.7 Å². The molecular formula is C17H29O3Si2. The summed E-state index contributed by atoms with van der Waals surface area (Å²) in [5, 5.41) is 2.21. The summed E-state index contributed by atoms with van der Waals surface area (Å²) in [6, 6.07) is 8.30. The molecule has 0 aliphatic heterocycles. The van der Waals surface area contributed by atoms with Crippen molar-refractivity contribution in [3.05, 3.63) is 36.4 Å². The van der Waals surface area contributed by atoms with Crippen molar-refractivity contribution in [1.82, 2.24) is 0 Å². The molecule has 0 N–H and O–H groups in total. The van der Waals surface area contributed by atoms with E-state index in [1.54, 1.807) is 7.11 Å². The molecule has 5 heteroatoms. The Hall–Kier alpha value is -0.726. The first-order valence-corrected chi connectivity index (χ1v) is 12.0. The van der Waals surface area contributed by atoms with E-state index in [1.807, 2.05) is 39.8 Å². The maximum atomic E-state index is 6.15. The van der Waals surface area contributed by atoms with Gasteiger partial charge in [-0.15, -0.1) is 0 Å². The van der Waals surface area contributed by atoms with Crippen LogP contribution in [0.2, 0.25) is 13.1 Å². The Balaban J connectivity index is 3.29. The second kappa shape index (κ2) is 8.22. The monoisotopic (exact) mass is 337 g/mol. The number of benzene rings is 1. The minimum absolute atomic E-state index is 0.0363. The van der Waals surface area contributed by atoms with Gasteiger partial charge in [-0.25, -0.2) is 0 Å². The largest absolute Gasteiger partial charge is 0.537 e. The molecule has 0 atom stereocenters. The number of hydrogen-bond donors (Lipinski definition) is 0.